The summed E-state index contributed by atoms with van der Waals surface area (Å²) in [6, 6.07) is 18.5. The molecule has 0 saturated heterocycles. The molecule has 2 heterocycles. The van der Waals surface area contributed by atoms with Crippen LogP contribution in [0.2, 0.25) is 0 Å². The van der Waals surface area contributed by atoms with Crippen LogP contribution in [0.4, 0.5) is 0 Å². The molecule has 0 aliphatic heterocycles. The van der Waals surface area contributed by atoms with Gasteiger partial charge in [0.05, 0.1) is 29.6 Å². The van der Waals surface area contributed by atoms with Crippen LogP contribution in [0.15, 0.2) is 71.5 Å². The fourth-order valence-electron chi connectivity index (χ4n) is 2.80. The topological polar surface area (TPSA) is 82.7 Å². The smallest absolute Gasteiger partial charge is 0.187 e. The number of aromatic amines is 1. The lowest BCUT2D eigenvalue weighted by atomic mass is 9.95. The Morgan fingerprint density at radius 2 is 2.00 bits per heavy atom. The molecule has 1 N–H and O–H groups in total. The van der Waals surface area contributed by atoms with Gasteiger partial charge in [0.25, 0.3) is 0 Å². The Kier molecular flexibility index (Phi) is 3.64. The van der Waals surface area contributed by atoms with Crippen LogP contribution in [-0.2, 0) is 0 Å². The van der Waals surface area contributed by atoms with E-state index in [-0.39, 0.29) is 5.78 Å². The average molecular weight is 327 g/mol. The Morgan fingerprint density at radius 1 is 1.12 bits per heavy atom. The van der Waals surface area contributed by atoms with Crippen molar-refractivity contribution in [3.63, 3.8) is 0 Å². The van der Waals surface area contributed by atoms with Crippen LogP contribution in [-0.4, -0.2) is 15.8 Å². The highest BCUT2D eigenvalue weighted by molar-refractivity contribution is 6.03. The van der Waals surface area contributed by atoms with Gasteiger partial charge < -0.3 is 9.40 Å². The Balaban J connectivity index is 1.71. The molecular weight excluding hydrogens is 314 g/mol. The predicted octanol–water partition coefficient (Wildman–Crippen LogP) is 4.31. The number of para-hydroxylation sites is 2. The van der Waals surface area contributed by atoms with Gasteiger partial charge in [-0.1, -0.05) is 30.3 Å². The molecule has 0 spiro atoms. The second-order valence-electron chi connectivity index (χ2n) is 5.66. The molecule has 0 radical (unpaired) electrons. The summed E-state index contributed by atoms with van der Waals surface area (Å²) in [7, 11) is 0. The molecule has 0 fully saturated rings. The average Bonchev–Trinajstić information content (AvgIpc) is 3.32. The van der Waals surface area contributed by atoms with E-state index in [2.05, 4.69) is 16.0 Å². The van der Waals surface area contributed by atoms with Gasteiger partial charge in [0.15, 0.2) is 11.7 Å². The van der Waals surface area contributed by atoms with Crippen molar-refractivity contribution in [3.05, 3.63) is 78.5 Å². The van der Waals surface area contributed by atoms with E-state index in [0.717, 1.165) is 22.2 Å². The quantitative estimate of drug-likeness (QED) is 0.566. The van der Waals surface area contributed by atoms with E-state index in [9.17, 15) is 10.1 Å². The number of carbonyl (C=O) groups is 1. The van der Waals surface area contributed by atoms with E-state index in [1.54, 1.807) is 30.7 Å². The first kappa shape index (κ1) is 14.9. The molecule has 0 unspecified atom stereocenters. The first-order chi connectivity index (χ1) is 12.3. The van der Waals surface area contributed by atoms with Crippen molar-refractivity contribution in [2.45, 2.75) is 5.92 Å². The minimum Gasteiger partial charge on any atom is -0.472 e. The third kappa shape index (κ3) is 2.70. The molecule has 0 bridgehead atoms. The van der Waals surface area contributed by atoms with Gasteiger partial charge >= 0.3 is 0 Å². The predicted molar refractivity (Wildman–Crippen MR) is 92.9 cm³/mol. The van der Waals surface area contributed by atoms with Crippen molar-refractivity contribution in [2.24, 2.45) is 0 Å². The van der Waals surface area contributed by atoms with Gasteiger partial charge in [-0.2, -0.15) is 5.26 Å². The lowest BCUT2D eigenvalue weighted by molar-refractivity contribution is 0.0976. The fourth-order valence-corrected chi connectivity index (χ4v) is 2.80. The summed E-state index contributed by atoms with van der Waals surface area (Å²) in [6.45, 7) is 0. The van der Waals surface area contributed by atoms with Crippen LogP contribution < -0.4 is 0 Å². The summed E-state index contributed by atoms with van der Waals surface area (Å²) in [5.74, 6) is -0.902. The maximum Gasteiger partial charge on any atom is 0.187 e. The third-order valence-electron chi connectivity index (χ3n) is 4.07. The normalized spacial score (nSPS) is 12.0. The van der Waals surface area contributed by atoms with Crippen LogP contribution in [0, 0.1) is 11.3 Å². The molecular formula is C20H13N3O2. The zero-order valence-corrected chi connectivity index (χ0v) is 13.1. The number of H-pyrrole nitrogens is 1. The molecule has 1 atom stereocenters. The van der Waals surface area contributed by atoms with Gasteiger partial charge in [-0.25, -0.2) is 4.98 Å². The number of ketones is 1. The molecule has 2 aromatic heterocycles. The second kappa shape index (κ2) is 6.10. The Hall–Kier alpha value is -3.65. The van der Waals surface area contributed by atoms with Crippen LogP contribution in [0.3, 0.4) is 0 Å². The number of hydrogen-bond acceptors (Lipinski definition) is 4. The monoisotopic (exact) mass is 327 g/mol. The minimum atomic E-state index is -0.980. The minimum absolute atomic E-state index is 0.285. The van der Waals surface area contributed by atoms with Gasteiger partial charge in [0.1, 0.15) is 5.82 Å². The number of fused-ring (bicyclic) bond motifs is 1. The summed E-state index contributed by atoms with van der Waals surface area (Å²) in [4.78, 5) is 20.3. The van der Waals surface area contributed by atoms with Crippen molar-refractivity contribution in [2.75, 3.05) is 0 Å². The van der Waals surface area contributed by atoms with Crippen molar-refractivity contribution in [1.82, 2.24) is 9.97 Å². The van der Waals surface area contributed by atoms with Crippen LogP contribution >= 0.6 is 0 Å². The first-order valence-corrected chi connectivity index (χ1v) is 7.77. The number of nitrogens with zero attached hydrogens (tertiary/aromatic N) is 2. The molecule has 0 amide bonds. The van der Waals surface area contributed by atoms with Crippen molar-refractivity contribution in [1.29, 1.82) is 5.26 Å². The molecule has 25 heavy (non-hydrogen) atoms. The number of furan rings is 1. The highest BCUT2D eigenvalue weighted by Crippen LogP contribution is 2.25. The zero-order valence-electron chi connectivity index (χ0n) is 13.1. The molecule has 120 valence electrons. The zero-order chi connectivity index (χ0) is 17.2. The fraction of sp³-hybridized carbons (Fsp3) is 0.0500. The lowest BCUT2D eigenvalue weighted by Gasteiger charge is -2.07. The molecule has 4 rings (SSSR count). The molecule has 5 nitrogen and oxygen atoms in total. The number of nitriles is 1. The van der Waals surface area contributed by atoms with Crippen molar-refractivity contribution >= 4 is 16.8 Å². The molecule has 4 aromatic rings. The van der Waals surface area contributed by atoms with E-state index in [0.29, 0.717) is 11.4 Å². The molecule has 0 saturated carbocycles. The lowest BCUT2D eigenvalue weighted by Crippen LogP contribution is -2.12. The van der Waals surface area contributed by atoms with Gasteiger partial charge in [-0.15, -0.1) is 0 Å². The van der Waals surface area contributed by atoms with Crippen LogP contribution in [0.1, 0.15) is 22.1 Å². The van der Waals surface area contributed by atoms with Gasteiger partial charge in [-0.3, -0.25) is 4.79 Å². The maximum atomic E-state index is 12.9. The third-order valence-corrected chi connectivity index (χ3v) is 4.07. The summed E-state index contributed by atoms with van der Waals surface area (Å²) in [5.41, 5.74) is 3.74. The number of rotatable bonds is 4. The number of carbonyl (C=O) groups excluding carboxylic acids is 1. The van der Waals surface area contributed by atoms with E-state index >= 15 is 0 Å². The van der Waals surface area contributed by atoms with E-state index in [4.69, 9.17) is 4.42 Å². The Labute approximate surface area is 143 Å². The number of nitrogens with one attached hydrogen (secondary N) is 1. The second-order valence-corrected chi connectivity index (χ2v) is 5.66. The summed E-state index contributed by atoms with van der Waals surface area (Å²) >= 11 is 0. The molecule has 0 aliphatic carbocycles. The van der Waals surface area contributed by atoms with Crippen LogP contribution in [0.5, 0.6) is 0 Å². The van der Waals surface area contributed by atoms with Crippen LogP contribution in [0.25, 0.3) is 22.2 Å². The summed E-state index contributed by atoms with van der Waals surface area (Å²) in [5, 5.41) is 9.54. The van der Waals surface area contributed by atoms with Crippen molar-refractivity contribution < 1.29 is 9.21 Å². The standard InChI is InChI=1S/C20H13N3O2/c21-11-16(20-22-17-6-1-2-7-18(17)23-20)19(24)14-5-3-4-13(10-14)15-8-9-25-12-15/h1-10,12,16H,(H,22,23)/t16-/m0/s1. The van der Waals surface area contributed by atoms with Crippen molar-refractivity contribution in [3.8, 4) is 17.2 Å². The number of Topliss-reactive ketones (excluding diaryl/α,β-unsaturated/α-hetero) is 1. The van der Waals surface area contributed by atoms with Gasteiger partial charge in [-0.05, 0) is 29.8 Å². The Bertz CT molecular complexity index is 1050. The number of imidazole rings is 1. The summed E-state index contributed by atoms with van der Waals surface area (Å²) in [6.07, 6.45) is 3.20. The van der Waals surface area contributed by atoms with E-state index < -0.39 is 5.92 Å². The van der Waals surface area contributed by atoms with Gasteiger partial charge in [0.2, 0.25) is 0 Å². The van der Waals surface area contributed by atoms with E-state index in [1.807, 2.05) is 36.4 Å². The Morgan fingerprint density at radius 3 is 2.76 bits per heavy atom. The molecule has 5 heteroatoms. The molecule has 0 aliphatic rings. The first-order valence-electron chi connectivity index (χ1n) is 7.77. The highest BCUT2D eigenvalue weighted by Gasteiger charge is 2.25. The van der Waals surface area contributed by atoms with E-state index in [1.165, 1.54) is 0 Å². The number of aromatic nitrogens is 2. The largest absolute Gasteiger partial charge is 0.472 e. The molecule has 2 aromatic carbocycles. The maximum absolute atomic E-state index is 12.9. The number of hydrogen-bond donors (Lipinski definition) is 1. The summed E-state index contributed by atoms with van der Waals surface area (Å²) < 4.78 is 5.09. The SMILES string of the molecule is N#C[C@@H](C(=O)c1cccc(-c2ccoc2)c1)c1nc2ccccc2[nH]1. The number of benzene rings is 2. The van der Waals surface area contributed by atoms with Gasteiger partial charge in [0, 0.05) is 11.1 Å². The highest BCUT2D eigenvalue weighted by atomic mass is 16.3.